The summed E-state index contributed by atoms with van der Waals surface area (Å²) in [6.45, 7) is 9.61. The van der Waals surface area contributed by atoms with Gasteiger partial charge >= 0.3 is 0 Å². The average Bonchev–Trinajstić information content (AvgIpc) is 3.20. The van der Waals surface area contributed by atoms with Crippen LogP contribution in [0.5, 0.6) is 0 Å². The molecule has 0 saturated heterocycles. The molecule has 1 amide bonds. The van der Waals surface area contributed by atoms with E-state index in [9.17, 15) is 4.79 Å². The van der Waals surface area contributed by atoms with Gasteiger partial charge in [-0.1, -0.05) is 48.4 Å². The summed E-state index contributed by atoms with van der Waals surface area (Å²) < 4.78 is 1.05. The Balaban J connectivity index is 1.76. The zero-order valence-electron chi connectivity index (χ0n) is 18.0. The van der Waals surface area contributed by atoms with Crippen LogP contribution in [0.4, 0.5) is 5.13 Å². The third-order valence-electron chi connectivity index (χ3n) is 5.20. The number of aromatic nitrogens is 1. The highest BCUT2D eigenvalue weighted by Gasteiger charge is 2.21. The monoisotopic (exact) mass is 495 g/mol. The third-order valence-corrected chi connectivity index (χ3v) is 7.92. The Morgan fingerprint density at radius 1 is 1.06 bits per heavy atom. The van der Waals surface area contributed by atoms with Crippen molar-refractivity contribution >= 4 is 67.6 Å². The van der Waals surface area contributed by atoms with E-state index < -0.39 is 0 Å². The fraction of sp³-hybridized carbons (Fsp3) is 0.391. The van der Waals surface area contributed by atoms with E-state index in [1.807, 2.05) is 48.2 Å². The number of benzene rings is 2. The smallest absolute Gasteiger partial charge is 0.229 e. The maximum Gasteiger partial charge on any atom is 0.229 e. The topological polar surface area (TPSA) is 36.4 Å². The molecule has 0 spiro atoms. The van der Waals surface area contributed by atoms with E-state index in [0.29, 0.717) is 28.8 Å². The highest BCUT2D eigenvalue weighted by atomic mass is 35.5. The van der Waals surface area contributed by atoms with Crippen LogP contribution in [0, 0.1) is 6.92 Å². The molecule has 1 heterocycles. The second-order valence-electron chi connectivity index (χ2n) is 7.14. The molecule has 31 heavy (non-hydrogen) atoms. The van der Waals surface area contributed by atoms with Crippen molar-refractivity contribution in [1.82, 2.24) is 9.88 Å². The van der Waals surface area contributed by atoms with E-state index in [2.05, 4.69) is 18.7 Å². The van der Waals surface area contributed by atoms with Gasteiger partial charge in [-0.3, -0.25) is 9.69 Å². The van der Waals surface area contributed by atoms with Crippen LogP contribution in [0.25, 0.3) is 10.2 Å². The number of carbonyl (C=O) groups is 1. The molecular weight excluding hydrogens is 469 g/mol. The second kappa shape index (κ2) is 11.5. The fourth-order valence-corrected chi connectivity index (χ4v) is 5.42. The number of thiazole rings is 1. The maximum absolute atomic E-state index is 13.2. The molecule has 3 rings (SSSR count). The second-order valence-corrected chi connectivity index (χ2v) is 10.2. The molecule has 4 nitrogen and oxygen atoms in total. The van der Waals surface area contributed by atoms with Crippen molar-refractivity contribution in [2.75, 3.05) is 36.8 Å². The SMILES string of the molecule is CCN(CC)CCN(C(=O)CCSc1ccc(Cl)cc1)c1nc2c(C)c(Cl)ccc2s1. The van der Waals surface area contributed by atoms with Gasteiger partial charge in [-0.25, -0.2) is 4.98 Å². The lowest BCUT2D eigenvalue weighted by Gasteiger charge is -2.24. The molecule has 0 aliphatic carbocycles. The van der Waals surface area contributed by atoms with Crippen molar-refractivity contribution in [1.29, 1.82) is 0 Å². The van der Waals surface area contributed by atoms with E-state index in [-0.39, 0.29) is 5.91 Å². The van der Waals surface area contributed by atoms with Crippen molar-refractivity contribution in [3.8, 4) is 0 Å². The lowest BCUT2D eigenvalue weighted by atomic mass is 10.2. The number of amides is 1. The van der Waals surface area contributed by atoms with Gasteiger partial charge in [0.2, 0.25) is 5.91 Å². The highest BCUT2D eigenvalue weighted by Crippen LogP contribution is 2.34. The normalized spacial score (nSPS) is 11.4. The van der Waals surface area contributed by atoms with Crippen LogP contribution in [-0.4, -0.2) is 47.7 Å². The molecule has 0 N–H and O–H groups in total. The molecule has 1 aromatic heterocycles. The van der Waals surface area contributed by atoms with Gasteiger partial charge < -0.3 is 4.90 Å². The largest absolute Gasteiger partial charge is 0.302 e. The molecule has 0 fully saturated rings. The van der Waals surface area contributed by atoms with Gasteiger partial charge in [0.1, 0.15) is 0 Å². The Morgan fingerprint density at radius 3 is 2.45 bits per heavy atom. The number of nitrogens with zero attached hydrogens (tertiary/aromatic N) is 3. The van der Waals surface area contributed by atoms with Gasteiger partial charge in [0.05, 0.1) is 10.2 Å². The van der Waals surface area contributed by atoms with Gasteiger partial charge in [0.15, 0.2) is 5.13 Å². The Kier molecular flexibility index (Phi) is 9.05. The Labute approximate surface area is 202 Å². The number of hydrogen-bond acceptors (Lipinski definition) is 5. The number of fused-ring (bicyclic) bond motifs is 1. The van der Waals surface area contributed by atoms with E-state index in [1.54, 1.807) is 23.1 Å². The number of carbonyl (C=O) groups excluding carboxylic acids is 1. The molecule has 0 unspecified atom stereocenters. The number of likely N-dealkylation sites (N-methyl/N-ethyl adjacent to an activating group) is 1. The zero-order valence-corrected chi connectivity index (χ0v) is 21.2. The summed E-state index contributed by atoms with van der Waals surface area (Å²) in [7, 11) is 0. The third kappa shape index (κ3) is 6.36. The van der Waals surface area contributed by atoms with Gasteiger partial charge in [-0.15, -0.1) is 11.8 Å². The van der Waals surface area contributed by atoms with Crippen molar-refractivity contribution in [2.24, 2.45) is 0 Å². The van der Waals surface area contributed by atoms with Crippen molar-refractivity contribution < 1.29 is 4.79 Å². The van der Waals surface area contributed by atoms with Gasteiger partial charge in [-0.05, 0) is 62.0 Å². The summed E-state index contributed by atoms with van der Waals surface area (Å²) in [5, 5.41) is 2.16. The van der Waals surface area contributed by atoms with Crippen molar-refractivity contribution in [2.45, 2.75) is 32.1 Å². The summed E-state index contributed by atoms with van der Waals surface area (Å²) in [6, 6.07) is 11.6. The first-order chi connectivity index (χ1) is 14.9. The lowest BCUT2D eigenvalue weighted by Crippen LogP contribution is -2.39. The van der Waals surface area contributed by atoms with E-state index in [4.69, 9.17) is 28.2 Å². The molecular formula is C23H27Cl2N3OS2. The molecule has 0 bridgehead atoms. The standard InChI is InChI=1S/C23H27Cl2N3OS2/c1-4-27(5-2)13-14-28(21(29)12-15-30-18-8-6-17(24)7-9-18)23-26-22-16(3)19(25)10-11-20(22)31-23/h6-11H,4-5,12-15H2,1-3H3. The van der Waals surface area contributed by atoms with Crippen LogP contribution in [0.3, 0.4) is 0 Å². The summed E-state index contributed by atoms with van der Waals surface area (Å²) in [4.78, 5) is 23.3. The van der Waals surface area contributed by atoms with Crippen molar-refractivity contribution in [3.05, 3.63) is 52.0 Å². The van der Waals surface area contributed by atoms with E-state index in [1.165, 1.54) is 0 Å². The lowest BCUT2D eigenvalue weighted by molar-refractivity contribution is -0.118. The molecule has 0 atom stereocenters. The van der Waals surface area contributed by atoms with Crippen LogP contribution in [0.2, 0.25) is 10.0 Å². The van der Waals surface area contributed by atoms with Gasteiger partial charge in [-0.2, -0.15) is 0 Å². The maximum atomic E-state index is 13.2. The quantitative estimate of drug-likeness (QED) is 0.290. The van der Waals surface area contributed by atoms with Crippen LogP contribution >= 0.6 is 46.3 Å². The molecule has 8 heteroatoms. The number of halogens is 2. The zero-order chi connectivity index (χ0) is 22.4. The number of aryl methyl sites for hydroxylation is 1. The minimum absolute atomic E-state index is 0.0939. The molecule has 3 aromatic rings. The number of thioether (sulfide) groups is 1. The fourth-order valence-electron chi connectivity index (χ4n) is 3.23. The predicted octanol–water partition coefficient (Wildman–Crippen LogP) is 6.77. The molecule has 0 aliphatic heterocycles. The van der Waals surface area contributed by atoms with Gasteiger partial charge in [0, 0.05) is 40.2 Å². The van der Waals surface area contributed by atoms with Crippen LogP contribution in [0.15, 0.2) is 41.3 Å². The summed E-state index contributed by atoms with van der Waals surface area (Å²) in [5.41, 5.74) is 1.83. The first kappa shape index (κ1) is 24.3. The summed E-state index contributed by atoms with van der Waals surface area (Å²) >= 11 is 15.5. The molecule has 166 valence electrons. The van der Waals surface area contributed by atoms with Gasteiger partial charge in [0.25, 0.3) is 0 Å². The van der Waals surface area contributed by atoms with Crippen molar-refractivity contribution in [3.63, 3.8) is 0 Å². The average molecular weight is 497 g/mol. The Morgan fingerprint density at radius 2 is 1.77 bits per heavy atom. The van der Waals surface area contributed by atoms with Crippen LogP contribution in [-0.2, 0) is 4.79 Å². The summed E-state index contributed by atoms with van der Waals surface area (Å²) in [5.74, 6) is 0.800. The predicted molar refractivity (Wildman–Crippen MR) is 136 cm³/mol. The minimum Gasteiger partial charge on any atom is -0.302 e. The minimum atomic E-state index is 0.0939. The molecule has 0 saturated carbocycles. The molecule has 0 radical (unpaired) electrons. The van der Waals surface area contributed by atoms with E-state index in [0.717, 1.165) is 45.4 Å². The Bertz CT molecular complexity index is 1020. The summed E-state index contributed by atoms with van der Waals surface area (Å²) in [6.07, 6.45) is 0.446. The number of rotatable bonds is 10. The first-order valence-corrected chi connectivity index (χ1v) is 13.0. The molecule has 2 aromatic carbocycles. The van der Waals surface area contributed by atoms with Crippen LogP contribution < -0.4 is 4.90 Å². The van der Waals surface area contributed by atoms with Crippen LogP contribution in [0.1, 0.15) is 25.8 Å². The Hall–Kier alpha value is -1.31. The molecule has 0 aliphatic rings. The first-order valence-electron chi connectivity index (χ1n) is 10.4. The highest BCUT2D eigenvalue weighted by molar-refractivity contribution is 7.99. The number of hydrogen-bond donors (Lipinski definition) is 0. The number of anilines is 1. The van der Waals surface area contributed by atoms with E-state index >= 15 is 0 Å².